The van der Waals surface area contributed by atoms with Crippen LogP contribution in [-0.2, 0) is 0 Å². The molecule has 2 nitrogen and oxygen atoms in total. The van der Waals surface area contributed by atoms with Gasteiger partial charge in [0.2, 0.25) is 0 Å². The van der Waals surface area contributed by atoms with Crippen molar-refractivity contribution < 1.29 is 4.42 Å². The molecule has 2 heterocycles. The first-order valence-electron chi connectivity index (χ1n) is 4.67. The van der Waals surface area contributed by atoms with Gasteiger partial charge in [-0.25, -0.2) is 0 Å². The average molecular weight is 286 g/mol. The maximum atomic E-state index is 5.26. The van der Waals surface area contributed by atoms with Gasteiger partial charge in [-0.3, -0.25) is 0 Å². The molecule has 0 aliphatic rings. The molecule has 15 heavy (non-hydrogen) atoms. The second-order valence-electron chi connectivity index (χ2n) is 3.36. The molecule has 2 rings (SSSR count). The van der Waals surface area contributed by atoms with Gasteiger partial charge in [0.1, 0.15) is 0 Å². The van der Waals surface area contributed by atoms with Gasteiger partial charge in [0.25, 0.3) is 0 Å². The van der Waals surface area contributed by atoms with E-state index in [1.807, 2.05) is 13.1 Å². The van der Waals surface area contributed by atoms with Crippen molar-refractivity contribution in [3.05, 3.63) is 44.4 Å². The Morgan fingerprint density at radius 3 is 2.80 bits per heavy atom. The minimum Gasteiger partial charge on any atom is -0.457 e. The SMILES string of the molecule is CNC(c1csc(C)c1)c1ccoc1Br. The van der Waals surface area contributed by atoms with Crippen molar-refractivity contribution in [3.8, 4) is 0 Å². The van der Waals surface area contributed by atoms with Gasteiger partial charge >= 0.3 is 0 Å². The zero-order valence-electron chi connectivity index (χ0n) is 8.58. The summed E-state index contributed by atoms with van der Waals surface area (Å²) in [6, 6.07) is 4.38. The number of halogens is 1. The van der Waals surface area contributed by atoms with E-state index >= 15 is 0 Å². The Labute approximate surface area is 101 Å². The van der Waals surface area contributed by atoms with Gasteiger partial charge in [-0.1, -0.05) is 0 Å². The molecule has 4 heteroatoms. The van der Waals surface area contributed by atoms with Crippen LogP contribution in [0.1, 0.15) is 22.0 Å². The van der Waals surface area contributed by atoms with Crippen LogP contribution in [0.3, 0.4) is 0 Å². The molecule has 80 valence electrons. The monoisotopic (exact) mass is 285 g/mol. The standard InChI is InChI=1S/C11H12BrNOS/c1-7-5-8(6-15-7)10(13-2)9-3-4-14-11(9)12/h3-6,10,13H,1-2H3. The van der Waals surface area contributed by atoms with Gasteiger partial charge in [-0.05, 0) is 53.0 Å². The Bertz CT molecular complexity index is 449. The zero-order chi connectivity index (χ0) is 10.8. The molecular weight excluding hydrogens is 274 g/mol. The van der Waals surface area contributed by atoms with Crippen LogP contribution in [0.5, 0.6) is 0 Å². The molecule has 0 fully saturated rings. The van der Waals surface area contributed by atoms with Crippen LogP contribution in [0.2, 0.25) is 0 Å². The third-order valence-corrected chi connectivity index (χ3v) is 3.85. The predicted octanol–water partition coefficient (Wildman–Crippen LogP) is 3.72. The maximum Gasteiger partial charge on any atom is 0.174 e. The molecule has 0 saturated carbocycles. The summed E-state index contributed by atoms with van der Waals surface area (Å²) in [7, 11) is 1.96. The van der Waals surface area contributed by atoms with Gasteiger partial charge in [-0.2, -0.15) is 0 Å². The Morgan fingerprint density at radius 1 is 1.53 bits per heavy atom. The van der Waals surface area contributed by atoms with E-state index in [4.69, 9.17) is 4.42 Å². The highest BCUT2D eigenvalue weighted by molar-refractivity contribution is 9.10. The third kappa shape index (κ3) is 2.17. The summed E-state index contributed by atoms with van der Waals surface area (Å²) in [6.45, 7) is 2.12. The number of aryl methyl sites for hydroxylation is 1. The van der Waals surface area contributed by atoms with Crippen molar-refractivity contribution in [1.82, 2.24) is 5.32 Å². The lowest BCUT2D eigenvalue weighted by atomic mass is 10.0. The van der Waals surface area contributed by atoms with E-state index in [1.54, 1.807) is 17.6 Å². The molecule has 0 amide bonds. The maximum absolute atomic E-state index is 5.26. The largest absolute Gasteiger partial charge is 0.457 e. The molecule has 0 aliphatic heterocycles. The summed E-state index contributed by atoms with van der Waals surface area (Å²) in [5.74, 6) is 0. The van der Waals surface area contributed by atoms with E-state index in [2.05, 4.69) is 39.6 Å². The van der Waals surface area contributed by atoms with E-state index in [1.165, 1.54) is 10.4 Å². The van der Waals surface area contributed by atoms with Crippen LogP contribution in [0.25, 0.3) is 0 Å². The number of rotatable bonds is 3. The summed E-state index contributed by atoms with van der Waals surface area (Å²) in [6.07, 6.45) is 1.70. The first-order valence-corrected chi connectivity index (χ1v) is 6.35. The Kier molecular flexibility index (Phi) is 3.29. The molecule has 0 radical (unpaired) electrons. The Hall–Kier alpha value is -0.580. The fraction of sp³-hybridized carbons (Fsp3) is 0.273. The second-order valence-corrected chi connectivity index (χ2v) is 5.20. The van der Waals surface area contributed by atoms with Gasteiger partial charge < -0.3 is 9.73 Å². The highest BCUT2D eigenvalue weighted by Gasteiger charge is 2.17. The lowest BCUT2D eigenvalue weighted by Gasteiger charge is -2.13. The quantitative estimate of drug-likeness (QED) is 0.930. The number of hydrogen-bond donors (Lipinski definition) is 1. The van der Waals surface area contributed by atoms with Crippen LogP contribution >= 0.6 is 27.3 Å². The molecule has 0 aliphatic carbocycles. The summed E-state index contributed by atoms with van der Waals surface area (Å²) in [5.41, 5.74) is 2.41. The minimum absolute atomic E-state index is 0.197. The third-order valence-electron chi connectivity index (χ3n) is 2.33. The predicted molar refractivity (Wildman–Crippen MR) is 66.4 cm³/mol. The summed E-state index contributed by atoms with van der Waals surface area (Å²) in [4.78, 5) is 1.32. The molecule has 0 aromatic carbocycles. The van der Waals surface area contributed by atoms with E-state index in [-0.39, 0.29) is 6.04 Å². The first kappa shape index (κ1) is 10.9. The van der Waals surface area contributed by atoms with E-state index in [9.17, 15) is 0 Å². The number of furan rings is 1. The van der Waals surface area contributed by atoms with E-state index in [0.29, 0.717) is 0 Å². The Balaban J connectivity index is 2.36. The zero-order valence-corrected chi connectivity index (χ0v) is 11.0. The van der Waals surface area contributed by atoms with Crippen molar-refractivity contribution in [2.45, 2.75) is 13.0 Å². The topological polar surface area (TPSA) is 25.2 Å². The van der Waals surface area contributed by atoms with Crippen molar-refractivity contribution in [2.75, 3.05) is 7.05 Å². The first-order chi connectivity index (χ1) is 7.22. The summed E-state index contributed by atoms with van der Waals surface area (Å²) >= 11 is 5.17. The molecule has 2 aromatic rings. The highest BCUT2D eigenvalue weighted by Crippen LogP contribution is 2.31. The fourth-order valence-electron chi connectivity index (χ4n) is 1.63. The van der Waals surface area contributed by atoms with Crippen molar-refractivity contribution >= 4 is 27.3 Å². The lowest BCUT2D eigenvalue weighted by molar-refractivity contribution is 0.530. The molecule has 1 atom stereocenters. The molecule has 0 bridgehead atoms. The average Bonchev–Trinajstić information content (AvgIpc) is 2.79. The lowest BCUT2D eigenvalue weighted by Crippen LogP contribution is -2.16. The smallest absolute Gasteiger partial charge is 0.174 e. The van der Waals surface area contributed by atoms with Gasteiger partial charge in [0.15, 0.2) is 4.67 Å². The van der Waals surface area contributed by atoms with E-state index in [0.717, 1.165) is 10.2 Å². The molecule has 0 spiro atoms. The molecular formula is C11H12BrNOS. The van der Waals surface area contributed by atoms with Crippen molar-refractivity contribution in [1.29, 1.82) is 0 Å². The fourth-order valence-corrected chi connectivity index (χ4v) is 2.83. The normalized spacial score (nSPS) is 13.0. The second kappa shape index (κ2) is 4.51. The molecule has 1 N–H and O–H groups in total. The molecule has 2 aromatic heterocycles. The van der Waals surface area contributed by atoms with Crippen LogP contribution in [0, 0.1) is 6.92 Å². The number of thiophene rings is 1. The van der Waals surface area contributed by atoms with Gasteiger partial charge in [0, 0.05) is 10.4 Å². The van der Waals surface area contributed by atoms with Crippen LogP contribution in [0.15, 0.2) is 32.9 Å². The van der Waals surface area contributed by atoms with Crippen molar-refractivity contribution in [3.63, 3.8) is 0 Å². The molecule has 1 unspecified atom stereocenters. The highest BCUT2D eigenvalue weighted by atomic mass is 79.9. The number of hydrogen-bond acceptors (Lipinski definition) is 3. The van der Waals surface area contributed by atoms with Gasteiger partial charge in [0.05, 0.1) is 12.3 Å². The Morgan fingerprint density at radius 2 is 2.33 bits per heavy atom. The minimum atomic E-state index is 0.197. The van der Waals surface area contributed by atoms with Crippen LogP contribution in [0.4, 0.5) is 0 Å². The molecule has 0 saturated heterocycles. The van der Waals surface area contributed by atoms with E-state index < -0.39 is 0 Å². The summed E-state index contributed by atoms with van der Waals surface area (Å²) in [5, 5.41) is 5.47. The summed E-state index contributed by atoms with van der Waals surface area (Å²) < 4.78 is 6.05. The number of nitrogens with one attached hydrogen (secondary N) is 1. The van der Waals surface area contributed by atoms with Crippen molar-refractivity contribution in [2.24, 2.45) is 0 Å². The van der Waals surface area contributed by atoms with Gasteiger partial charge in [-0.15, -0.1) is 11.3 Å². The van der Waals surface area contributed by atoms with Crippen LogP contribution < -0.4 is 5.32 Å². The van der Waals surface area contributed by atoms with Crippen LogP contribution in [-0.4, -0.2) is 7.05 Å².